The van der Waals surface area contributed by atoms with E-state index in [1.165, 1.54) is 58.4 Å². The molecule has 3 saturated heterocycles. The zero-order valence-corrected chi connectivity index (χ0v) is 11.4. The molecule has 4 heteroatoms. The molecule has 3 aliphatic heterocycles. The van der Waals surface area contributed by atoms with Crippen molar-refractivity contribution in [1.29, 1.82) is 0 Å². The Morgan fingerprint density at radius 1 is 1.18 bits per heavy atom. The van der Waals surface area contributed by atoms with Gasteiger partial charge in [0.25, 0.3) is 0 Å². The van der Waals surface area contributed by atoms with E-state index in [4.69, 9.17) is 4.74 Å². The summed E-state index contributed by atoms with van der Waals surface area (Å²) >= 11 is 0. The number of halogens is 1. The predicted molar refractivity (Wildman–Crippen MR) is 71.7 cm³/mol. The maximum Gasteiger partial charge on any atom is 0.0588 e. The topological polar surface area (TPSA) is 24.5 Å². The van der Waals surface area contributed by atoms with E-state index in [0.717, 1.165) is 18.4 Å². The number of ether oxygens (including phenoxy) is 1. The van der Waals surface area contributed by atoms with Crippen LogP contribution >= 0.6 is 12.4 Å². The fraction of sp³-hybridized carbons (Fsp3) is 1.00. The van der Waals surface area contributed by atoms with E-state index in [1.807, 2.05) is 0 Å². The molecule has 0 spiro atoms. The third-order valence-corrected chi connectivity index (χ3v) is 4.58. The number of hydrogen-bond donors (Lipinski definition) is 1. The van der Waals surface area contributed by atoms with Crippen LogP contribution in [0, 0.1) is 11.8 Å². The quantitative estimate of drug-likeness (QED) is 0.833. The third-order valence-electron chi connectivity index (χ3n) is 4.58. The molecule has 0 bridgehead atoms. The van der Waals surface area contributed by atoms with E-state index >= 15 is 0 Å². The summed E-state index contributed by atoms with van der Waals surface area (Å²) in [6, 6.07) is 0. The van der Waals surface area contributed by atoms with E-state index in [9.17, 15) is 0 Å². The SMILES string of the molecule is C1COC(CCN2CCC3CNCC3C2)C1.Cl. The number of fused-ring (bicyclic) bond motifs is 1. The normalized spacial score (nSPS) is 37.8. The standard InChI is InChI=1S/C13H24N2O.ClH/c1-2-13(16-7-1)4-6-15-5-3-11-8-14-9-12(11)10-15;/h11-14H,1-10H2;1H. The van der Waals surface area contributed by atoms with Gasteiger partial charge < -0.3 is 15.0 Å². The zero-order valence-electron chi connectivity index (χ0n) is 10.6. The van der Waals surface area contributed by atoms with Crippen molar-refractivity contribution in [1.82, 2.24) is 10.2 Å². The number of piperidine rings is 1. The predicted octanol–water partition coefficient (Wildman–Crippen LogP) is 1.52. The van der Waals surface area contributed by atoms with Crippen LogP contribution in [0.25, 0.3) is 0 Å². The van der Waals surface area contributed by atoms with Crippen molar-refractivity contribution in [3.8, 4) is 0 Å². The van der Waals surface area contributed by atoms with E-state index in [1.54, 1.807) is 0 Å². The molecule has 0 amide bonds. The van der Waals surface area contributed by atoms with Crippen LogP contribution in [0.5, 0.6) is 0 Å². The van der Waals surface area contributed by atoms with Crippen molar-refractivity contribution in [2.75, 3.05) is 39.3 Å². The fourth-order valence-corrected chi connectivity index (χ4v) is 3.51. The molecule has 0 aromatic rings. The Labute approximate surface area is 111 Å². The Morgan fingerprint density at radius 3 is 2.88 bits per heavy atom. The lowest BCUT2D eigenvalue weighted by Crippen LogP contribution is -2.41. The second kappa shape index (κ2) is 6.37. The summed E-state index contributed by atoms with van der Waals surface area (Å²) in [4.78, 5) is 2.66. The van der Waals surface area contributed by atoms with Gasteiger partial charge in [-0.1, -0.05) is 0 Å². The molecule has 0 saturated carbocycles. The second-order valence-corrected chi connectivity index (χ2v) is 5.69. The van der Waals surface area contributed by atoms with Gasteiger partial charge in [0.15, 0.2) is 0 Å². The minimum Gasteiger partial charge on any atom is -0.378 e. The molecule has 0 aromatic heterocycles. The zero-order chi connectivity index (χ0) is 10.8. The van der Waals surface area contributed by atoms with E-state index in [0.29, 0.717) is 6.10 Å². The molecule has 3 fully saturated rings. The van der Waals surface area contributed by atoms with Crippen LogP contribution in [0.2, 0.25) is 0 Å². The third kappa shape index (κ3) is 3.34. The van der Waals surface area contributed by atoms with Crippen molar-refractivity contribution in [2.45, 2.75) is 31.8 Å². The molecule has 0 aromatic carbocycles. The van der Waals surface area contributed by atoms with Crippen molar-refractivity contribution in [3.05, 3.63) is 0 Å². The van der Waals surface area contributed by atoms with Crippen LogP contribution in [0.15, 0.2) is 0 Å². The van der Waals surface area contributed by atoms with Gasteiger partial charge in [-0.05, 0) is 57.2 Å². The summed E-state index contributed by atoms with van der Waals surface area (Å²) in [5.74, 6) is 1.90. The van der Waals surface area contributed by atoms with Crippen LogP contribution in [0.4, 0.5) is 0 Å². The molecule has 3 aliphatic rings. The summed E-state index contributed by atoms with van der Waals surface area (Å²) in [6.45, 7) is 7.42. The van der Waals surface area contributed by atoms with Crippen LogP contribution in [0.3, 0.4) is 0 Å². The highest BCUT2D eigenvalue weighted by atomic mass is 35.5. The minimum absolute atomic E-state index is 0. The van der Waals surface area contributed by atoms with Crippen molar-refractivity contribution < 1.29 is 4.74 Å². The largest absolute Gasteiger partial charge is 0.378 e. The van der Waals surface area contributed by atoms with Gasteiger partial charge in [0, 0.05) is 19.7 Å². The van der Waals surface area contributed by atoms with E-state index in [-0.39, 0.29) is 12.4 Å². The molecular formula is C13H25ClN2O. The van der Waals surface area contributed by atoms with Gasteiger partial charge in [0.2, 0.25) is 0 Å². The van der Waals surface area contributed by atoms with Gasteiger partial charge in [-0.25, -0.2) is 0 Å². The van der Waals surface area contributed by atoms with Gasteiger partial charge >= 0.3 is 0 Å². The van der Waals surface area contributed by atoms with E-state index in [2.05, 4.69) is 10.2 Å². The van der Waals surface area contributed by atoms with Crippen LogP contribution in [-0.2, 0) is 4.74 Å². The highest BCUT2D eigenvalue weighted by Gasteiger charge is 2.32. The van der Waals surface area contributed by atoms with Crippen LogP contribution in [0.1, 0.15) is 25.7 Å². The Balaban J connectivity index is 0.00000108. The summed E-state index contributed by atoms with van der Waals surface area (Å²) in [5, 5.41) is 3.53. The fourth-order valence-electron chi connectivity index (χ4n) is 3.51. The number of likely N-dealkylation sites (tertiary alicyclic amines) is 1. The number of nitrogens with zero attached hydrogens (tertiary/aromatic N) is 1. The first-order chi connectivity index (χ1) is 7.92. The molecule has 3 nitrogen and oxygen atoms in total. The number of nitrogens with one attached hydrogen (secondary N) is 1. The molecule has 100 valence electrons. The number of hydrogen-bond acceptors (Lipinski definition) is 3. The van der Waals surface area contributed by atoms with Crippen molar-refractivity contribution >= 4 is 12.4 Å². The van der Waals surface area contributed by atoms with Crippen LogP contribution in [-0.4, -0.2) is 50.3 Å². The minimum atomic E-state index is 0. The first-order valence-corrected chi connectivity index (χ1v) is 6.96. The second-order valence-electron chi connectivity index (χ2n) is 5.69. The maximum absolute atomic E-state index is 5.69. The lowest BCUT2D eigenvalue weighted by Gasteiger charge is -2.34. The summed E-state index contributed by atoms with van der Waals surface area (Å²) in [7, 11) is 0. The van der Waals surface area contributed by atoms with Crippen LogP contribution < -0.4 is 5.32 Å². The molecule has 17 heavy (non-hydrogen) atoms. The first-order valence-electron chi connectivity index (χ1n) is 6.96. The Bertz CT molecular complexity index is 233. The van der Waals surface area contributed by atoms with Gasteiger partial charge in [0.05, 0.1) is 6.10 Å². The Hall–Kier alpha value is 0.170. The highest BCUT2D eigenvalue weighted by Crippen LogP contribution is 2.27. The average molecular weight is 261 g/mol. The smallest absolute Gasteiger partial charge is 0.0588 e. The summed E-state index contributed by atoms with van der Waals surface area (Å²) in [6.07, 6.45) is 5.80. The summed E-state index contributed by atoms with van der Waals surface area (Å²) < 4.78 is 5.69. The molecule has 0 aliphatic carbocycles. The highest BCUT2D eigenvalue weighted by molar-refractivity contribution is 5.85. The van der Waals surface area contributed by atoms with Gasteiger partial charge in [0.1, 0.15) is 0 Å². The Kier molecular flexibility index (Phi) is 5.10. The van der Waals surface area contributed by atoms with Gasteiger partial charge in [-0.2, -0.15) is 0 Å². The molecule has 3 atom stereocenters. The first kappa shape index (κ1) is 13.6. The molecule has 3 heterocycles. The monoisotopic (exact) mass is 260 g/mol. The summed E-state index contributed by atoms with van der Waals surface area (Å²) in [5.41, 5.74) is 0. The Morgan fingerprint density at radius 2 is 2.06 bits per heavy atom. The number of rotatable bonds is 3. The maximum atomic E-state index is 5.69. The van der Waals surface area contributed by atoms with Crippen molar-refractivity contribution in [2.24, 2.45) is 11.8 Å². The lowest BCUT2D eigenvalue weighted by atomic mass is 9.88. The molecular weight excluding hydrogens is 236 g/mol. The molecule has 1 N–H and O–H groups in total. The van der Waals surface area contributed by atoms with E-state index < -0.39 is 0 Å². The molecule has 3 unspecified atom stereocenters. The average Bonchev–Trinajstić information content (AvgIpc) is 2.97. The van der Waals surface area contributed by atoms with Gasteiger partial charge in [-0.3, -0.25) is 0 Å². The van der Waals surface area contributed by atoms with Crippen molar-refractivity contribution in [3.63, 3.8) is 0 Å². The van der Waals surface area contributed by atoms with Gasteiger partial charge in [-0.15, -0.1) is 12.4 Å². The molecule has 3 rings (SSSR count). The molecule has 0 radical (unpaired) electrons. The lowest BCUT2D eigenvalue weighted by molar-refractivity contribution is 0.0789.